The lowest BCUT2D eigenvalue weighted by atomic mass is 9.43. The Morgan fingerprint density at radius 2 is 1.75 bits per heavy atom. The Balaban J connectivity index is 1.22. The highest BCUT2D eigenvalue weighted by Gasteiger charge is 2.62. The number of anilines is 1. The number of amides is 1. The number of aliphatic hydroxyl groups is 2. The molecule has 7 heteroatoms. The predicted molar refractivity (Wildman–Crippen MR) is 144 cm³/mol. The number of carbonyl (C=O) groups excluding carboxylic acids is 1. The first-order valence-corrected chi connectivity index (χ1v) is 15.3. The van der Waals surface area contributed by atoms with Gasteiger partial charge in [-0.2, -0.15) is 0 Å². The predicted octanol–water partition coefficient (Wildman–Crippen LogP) is 6.01. The largest absolute Gasteiger partial charge is 0.393 e. The number of aliphatic hydroxyl groups excluding tert-OH is 2. The van der Waals surface area contributed by atoms with Crippen molar-refractivity contribution in [2.45, 2.75) is 117 Å². The number of hydrogen-bond donors (Lipinski definition) is 3. The van der Waals surface area contributed by atoms with Crippen molar-refractivity contribution in [2.75, 3.05) is 5.32 Å². The number of aromatic nitrogens is 2. The summed E-state index contributed by atoms with van der Waals surface area (Å²) < 4.78 is 0. The molecule has 4 fully saturated rings. The van der Waals surface area contributed by atoms with Crippen LogP contribution in [0.25, 0.3) is 0 Å². The van der Waals surface area contributed by atoms with Gasteiger partial charge in [0.15, 0.2) is 0 Å². The third-order valence-corrected chi connectivity index (χ3v) is 12.6. The van der Waals surface area contributed by atoms with Crippen LogP contribution in [-0.4, -0.2) is 38.5 Å². The lowest BCUT2D eigenvalue weighted by Crippen LogP contribution is -2.58. The lowest BCUT2D eigenvalue weighted by molar-refractivity contribution is -0.174. The SMILES string of the molecule is CC(C)c1nnc(NC(=O)CC[C@@H](C)[C@@H]2CC[C@@H]3[C@H]4[C@@H](CC[C@@]32C)[C@@]2(C)CC[C@@H](O)C[C@@H]2C[C@@H]4O)s1. The van der Waals surface area contributed by atoms with Gasteiger partial charge in [-0.05, 0) is 104 Å². The molecule has 1 aromatic heterocycles. The molecule has 0 saturated heterocycles. The molecule has 0 unspecified atom stereocenters. The summed E-state index contributed by atoms with van der Waals surface area (Å²) in [5.41, 5.74) is 0.521. The summed E-state index contributed by atoms with van der Waals surface area (Å²) in [5.74, 6) is 3.47. The second-order valence-corrected chi connectivity index (χ2v) is 14.6. The minimum Gasteiger partial charge on any atom is -0.393 e. The van der Waals surface area contributed by atoms with Crippen LogP contribution in [0.1, 0.15) is 110 Å². The molecule has 6 nitrogen and oxygen atoms in total. The van der Waals surface area contributed by atoms with E-state index in [1.807, 2.05) is 0 Å². The van der Waals surface area contributed by atoms with E-state index in [0.29, 0.717) is 53.0 Å². The number of hydrogen-bond acceptors (Lipinski definition) is 6. The highest BCUT2D eigenvalue weighted by atomic mass is 32.1. The standard InChI is InChI=1S/C29H47N3O3S/c1-16(2)26-31-32-27(36-26)30-24(35)9-6-17(3)20-7-8-21-25-22(11-13-29(20,21)5)28(4)12-10-19(33)14-18(28)15-23(25)34/h16-23,25,33-34H,6-15H2,1-5H3,(H,30,32,35)/t17-,18-,19-,20+,21-,22-,23+,25+,28+,29-/m1/s1. The van der Waals surface area contributed by atoms with Crippen molar-refractivity contribution in [3.63, 3.8) is 0 Å². The van der Waals surface area contributed by atoms with Crippen LogP contribution in [0.15, 0.2) is 0 Å². The van der Waals surface area contributed by atoms with Gasteiger partial charge in [-0.15, -0.1) is 10.2 Å². The fourth-order valence-electron chi connectivity index (χ4n) is 9.44. The van der Waals surface area contributed by atoms with Gasteiger partial charge < -0.3 is 15.5 Å². The summed E-state index contributed by atoms with van der Waals surface area (Å²) >= 11 is 1.47. The number of fused-ring (bicyclic) bond motifs is 5. The molecule has 4 aliphatic carbocycles. The van der Waals surface area contributed by atoms with Gasteiger partial charge in [0.2, 0.25) is 11.0 Å². The van der Waals surface area contributed by atoms with Gasteiger partial charge in [-0.25, -0.2) is 0 Å². The molecule has 4 aliphatic rings. The summed E-state index contributed by atoms with van der Waals surface area (Å²) in [7, 11) is 0. The summed E-state index contributed by atoms with van der Waals surface area (Å²) in [6.07, 6.45) is 9.64. The highest BCUT2D eigenvalue weighted by Crippen LogP contribution is 2.68. The van der Waals surface area contributed by atoms with Crippen LogP contribution in [0.2, 0.25) is 0 Å². The summed E-state index contributed by atoms with van der Waals surface area (Å²) in [6, 6.07) is 0. The van der Waals surface area contributed by atoms with Crippen LogP contribution >= 0.6 is 11.3 Å². The fraction of sp³-hybridized carbons (Fsp3) is 0.897. The Morgan fingerprint density at radius 1 is 1.03 bits per heavy atom. The van der Waals surface area contributed by atoms with Gasteiger partial charge in [0, 0.05) is 12.3 Å². The molecule has 0 radical (unpaired) electrons. The second kappa shape index (κ2) is 9.92. The van der Waals surface area contributed by atoms with Crippen molar-refractivity contribution in [3.05, 3.63) is 5.01 Å². The zero-order valence-corrected chi connectivity index (χ0v) is 23.7. The van der Waals surface area contributed by atoms with Crippen molar-refractivity contribution in [2.24, 2.45) is 46.3 Å². The number of rotatable bonds is 6. The minimum atomic E-state index is -0.231. The minimum absolute atomic E-state index is 0.0397. The van der Waals surface area contributed by atoms with Gasteiger partial charge in [0.05, 0.1) is 12.2 Å². The number of nitrogens with zero attached hydrogens (tertiary/aromatic N) is 2. The Morgan fingerprint density at radius 3 is 2.47 bits per heavy atom. The van der Waals surface area contributed by atoms with Crippen LogP contribution in [0, 0.1) is 46.3 Å². The molecule has 3 N–H and O–H groups in total. The van der Waals surface area contributed by atoms with E-state index >= 15 is 0 Å². The maximum absolute atomic E-state index is 12.7. The zero-order valence-electron chi connectivity index (χ0n) is 22.9. The first-order chi connectivity index (χ1) is 17.0. The molecule has 5 rings (SSSR count). The monoisotopic (exact) mass is 517 g/mol. The smallest absolute Gasteiger partial charge is 0.226 e. The van der Waals surface area contributed by atoms with Crippen molar-refractivity contribution in [1.29, 1.82) is 0 Å². The molecule has 36 heavy (non-hydrogen) atoms. The summed E-state index contributed by atoms with van der Waals surface area (Å²) in [6.45, 7) is 11.5. The molecule has 0 spiro atoms. The van der Waals surface area contributed by atoms with Gasteiger partial charge in [0.1, 0.15) is 5.01 Å². The van der Waals surface area contributed by atoms with Crippen LogP contribution in [0.3, 0.4) is 0 Å². The van der Waals surface area contributed by atoms with E-state index < -0.39 is 0 Å². The number of nitrogens with one attached hydrogen (secondary N) is 1. The average molecular weight is 518 g/mol. The second-order valence-electron chi connectivity index (χ2n) is 13.6. The molecule has 10 atom stereocenters. The molecule has 1 aromatic rings. The van der Waals surface area contributed by atoms with Crippen LogP contribution in [0.4, 0.5) is 5.13 Å². The third-order valence-electron chi connectivity index (χ3n) is 11.4. The Hall–Kier alpha value is -1.05. The van der Waals surface area contributed by atoms with Crippen molar-refractivity contribution < 1.29 is 15.0 Å². The van der Waals surface area contributed by atoms with Gasteiger partial charge in [0.25, 0.3) is 0 Å². The van der Waals surface area contributed by atoms with E-state index in [9.17, 15) is 15.0 Å². The molecular formula is C29H47N3O3S. The molecule has 0 aliphatic heterocycles. The van der Waals surface area contributed by atoms with Crippen molar-refractivity contribution >= 4 is 22.4 Å². The normalized spacial score (nSPS) is 42.9. The van der Waals surface area contributed by atoms with E-state index in [1.165, 1.54) is 37.0 Å². The first-order valence-electron chi connectivity index (χ1n) is 14.5. The Bertz CT molecular complexity index is 952. The average Bonchev–Trinajstić information content (AvgIpc) is 3.43. The third kappa shape index (κ3) is 4.55. The lowest BCUT2D eigenvalue weighted by Gasteiger charge is -2.62. The fourth-order valence-corrected chi connectivity index (χ4v) is 10.2. The van der Waals surface area contributed by atoms with E-state index in [-0.39, 0.29) is 28.9 Å². The molecular weight excluding hydrogens is 470 g/mol. The Kier molecular flexibility index (Phi) is 7.32. The molecule has 0 bridgehead atoms. The van der Waals surface area contributed by atoms with E-state index in [2.05, 4.69) is 50.1 Å². The van der Waals surface area contributed by atoms with E-state index in [0.717, 1.165) is 37.1 Å². The van der Waals surface area contributed by atoms with Gasteiger partial charge >= 0.3 is 0 Å². The van der Waals surface area contributed by atoms with Crippen LogP contribution in [-0.2, 0) is 4.79 Å². The first kappa shape index (κ1) is 26.6. The highest BCUT2D eigenvalue weighted by molar-refractivity contribution is 7.15. The van der Waals surface area contributed by atoms with Crippen LogP contribution < -0.4 is 5.32 Å². The molecule has 0 aromatic carbocycles. The zero-order chi connectivity index (χ0) is 25.8. The maximum atomic E-state index is 12.7. The molecule has 202 valence electrons. The van der Waals surface area contributed by atoms with Crippen molar-refractivity contribution in [3.8, 4) is 0 Å². The maximum Gasteiger partial charge on any atom is 0.226 e. The van der Waals surface area contributed by atoms with Gasteiger partial charge in [-0.3, -0.25) is 4.79 Å². The summed E-state index contributed by atoms with van der Waals surface area (Å²) in [5, 5.41) is 34.6. The summed E-state index contributed by atoms with van der Waals surface area (Å²) in [4.78, 5) is 12.7. The van der Waals surface area contributed by atoms with Gasteiger partial charge in [-0.1, -0.05) is 46.0 Å². The topological polar surface area (TPSA) is 95.3 Å². The quantitative estimate of drug-likeness (QED) is 0.430. The van der Waals surface area contributed by atoms with E-state index in [4.69, 9.17) is 0 Å². The molecule has 4 saturated carbocycles. The number of carbonyl (C=O) groups is 1. The Labute approximate surface area is 221 Å². The van der Waals surface area contributed by atoms with E-state index in [1.54, 1.807) is 0 Å². The molecule has 1 heterocycles. The van der Waals surface area contributed by atoms with Crippen molar-refractivity contribution in [1.82, 2.24) is 10.2 Å². The molecule has 1 amide bonds. The van der Waals surface area contributed by atoms with Crippen LogP contribution in [0.5, 0.6) is 0 Å².